The highest BCUT2D eigenvalue weighted by Gasteiger charge is 2.30. The Bertz CT molecular complexity index is 329. The van der Waals surface area contributed by atoms with Crippen LogP contribution in [0.15, 0.2) is 5.16 Å². The van der Waals surface area contributed by atoms with E-state index in [2.05, 4.69) is 17.4 Å². The molecule has 0 aliphatic heterocycles. The first-order chi connectivity index (χ1) is 8.99. The van der Waals surface area contributed by atoms with Crippen molar-refractivity contribution in [2.45, 2.75) is 58.9 Å². The van der Waals surface area contributed by atoms with Gasteiger partial charge in [0.2, 0.25) is 5.91 Å². The lowest BCUT2D eigenvalue weighted by Crippen LogP contribution is -2.47. The van der Waals surface area contributed by atoms with Crippen LogP contribution in [0.5, 0.6) is 0 Å². The summed E-state index contributed by atoms with van der Waals surface area (Å²) >= 11 is 0. The molecule has 4 N–H and O–H groups in total. The van der Waals surface area contributed by atoms with Crippen LogP contribution in [-0.4, -0.2) is 23.0 Å². The summed E-state index contributed by atoms with van der Waals surface area (Å²) < 4.78 is 0. The number of hydrogen-bond acceptors (Lipinski definition) is 3. The van der Waals surface area contributed by atoms with Gasteiger partial charge in [-0.3, -0.25) is 4.79 Å². The van der Waals surface area contributed by atoms with E-state index in [0.29, 0.717) is 5.92 Å². The molecule has 0 spiro atoms. The van der Waals surface area contributed by atoms with Crippen LogP contribution in [0.25, 0.3) is 0 Å². The van der Waals surface area contributed by atoms with Gasteiger partial charge in [0.05, 0.1) is 0 Å². The monoisotopic (exact) mass is 269 g/mol. The predicted molar refractivity (Wildman–Crippen MR) is 75.9 cm³/mol. The molecule has 0 aromatic rings. The zero-order valence-corrected chi connectivity index (χ0v) is 12.2. The number of nitrogens with two attached hydrogens (primary N) is 1. The molecule has 1 amide bonds. The minimum absolute atomic E-state index is 0.00430. The van der Waals surface area contributed by atoms with E-state index in [4.69, 9.17) is 10.9 Å². The van der Waals surface area contributed by atoms with E-state index in [0.717, 1.165) is 12.8 Å². The maximum Gasteiger partial charge on any atom is 0.231 e. The van der Waals surface area contributed by atoms with Crippen molar-refractivity contribution in [3.8, 4) is 0 Å². The van der Waals surface area contributed by atoms with Gasteiger partial charge in [-0.05, 0) is 24.7 Å². The molecule has 0 heterocycles. The molecule has 1 aliphatic rings. The Morgan fingerprint density at radius 1 is 1.47 bits per heavy atom. The molecule has 0 aromatic heterocycles. The summed E-state index contributed by atoms with van der Waals surface area (Å²) in [5.74, 6) is 0.0521. The third-order valence-corrected chi connectivity index (χ3v) is 4.09. The Labute approximate surface area is 115 Å². The molecule has 5 nitrogen and oxygen atoms in total. The molecule has 0 saturated heterocycles. The minimum Gasteiger partial charge on any atom is -0.409 e. The molecule has 1 aliphatic carbocycles. The van der Waals surface area contributed by atoms with Crippen molar-refractivity contribution < 1.29 is 10.0 Å². The average molecular weight is 269 g/mol. The number of amides is 1. The molecule has 3 atom stereocenters. The molecule has 110 valence electrons. The normalized spacial score (nSPS) is 26.2. The van der Waals surface area contributed by atoms with Crippen LogP contribution in [-0.2, 0) is 4.79 Å². The summed E-state index contributed by atoms with van der Waals surface area (Å²) in [5, 5.41) is 14.8. The Hall–Kier alpha value is -1.26. The first-order valence-electron chi connectivity index (χ1n) is 7.27. The van der Waals surface area contributed by atoms with E-state index in [-0.39, 0.29) is 23.7 Å². The number of nitrogens with zero attached hydrogens (tertiary/aromatic N) is 1. The Balaban J connectivity index is 2.61. The van der Waals surface area contributed by atoms with Gasteiger partial charge in [0.1, 0.15) is 5.92 Å². The molecule has 1 fully saturated rings. The van der Waals surface area contributed by atoms with Crippen LogP contribution in [0.2, 0.25) is 0 Å². The molecule has 3 unspecified atom stereocenters. The van der Waals surface area contributed by atoms with Crippen molar-refractivity contribution in [1.29, 1.82) is 0 Å². The number of rotatable bonds is 5. The maximum atomic E-state index is 12.3. The highest BCUT2D eigenvalue weighted by molar-refractivity contribution is 6.02. The van der Waals surface area contributed by atoms with Crippen molar-refractivity contribution in [2.75, 3.05) is 0 Å². The third kappa shape index (κ3) is 4.40. The van der Waals surface area contributed by atoms with Crippen molar-refractivity contribution in [3.63, 3.8) is 0 Å². The average Bonchev–Trinajstić information content (AvgIpc) is 2.38. The van der Waals surface area contributed by atoms with Crippen LogP contribution in [0.4, 0.5) is 0 Å². The van der Waals surface area contributed by atoms with Crippen molar-refractivity contribution in [1.82, 2.24) is 5.32 Å². The Morgan fingerprint density at radius 2 is 2.16 bits per heavy atom. The van der Waals surface area contributed by atoms with Crippen LogP contribution in [0.3, 0.4) is 0 Å². The topological polar surface area (TPSA) is 87.7 Å². The van der Waals surface area contributed by atoms with Gasteiger partial charge in [0, 0.05) is 6.04 Å². The second-order valence-electron chi connectivity index (χ2n) is 5.89. The van der Waals surface area contributed by atoms with Gasteiger partial charge < -0.3 is 16.3 Å². The second-order valence-corrected chi connectivity index (χ2v) is 5.89. The molecule has 5 heteroatoms. The van der Waals surface area contributed by atoms with Gasteiger partial charge in [-0.2, -0.15) is 0 Å². The van der Waals surface area contributed by atoms with E-state index in [1.807, 2.05) is 13.8 Å². The summed E-state index contributed by atoms with van der Waals surface area (Å²) in [4.78, 5) is 12.3. The molecule has 1 saturated carbocycles. The summed E-state index contributed by atoms with van der Waals surface area (Å²) in [5.41, 5.74) is 5.62. The van der Waals surface area contributed by atoms with Gasteiger partial charge >= 0.3 is 0 Å². The van der Waals surface area contributed by atoms with E-state index in [1.54, 1.807) is 0 Å². The van der Waals surface area contributed by atoms with Gasteiger partial charge in [0.25, 0.3) is 0 Å². The first-order valence-corrected chi connectivity index (χ1v) is 7.27. The number of carbonyl (C=O) groups is 1. The summed E-state index contributed by atoms with van der Waals surface area (Å²) in [6.45, 7) is 6.00. The summed E-state index contributed by atoms with van der Waals surface area (Å²) in [6.07, 6.45) is 5.67. The fraction of sp³-hybridized carbons (Fsp3) is 0.857. The smallest absolute Gasteiger partial charge is 0.231 e. The fourth-order valence-corrected chi connectivity index (χ4v) is 2.92. The fourth-order valence-electron chi connectivity index (χ4n) is 2.92. The lowest BCUT2D eigenvalue weighted by molar-refractivity contribution is -0.125. The van der Waals surface area contributed by atoms with E-state index in [9.17, 15) is 4.79 Å². The first kappa shape index (κ1) is 15.8. The van der Waals surface area contributed by atoms with E-state index in [1.165, 1.54) is 19.3 Å². The molecular formula is C14H27N3O2. The highest BCUT2D eigenvalue weighted by Crippen LogP contribution is 2.27. The lowest BCUT2D eigenvalue weighted by Gasteiger charge is -2.30. The largest absolute Gasteiger partial charge is 0.409 e. The standard InChI is InChI=1S/C14H27N3O2/c1-4-10-6-5-7-11(8-10)16-14(18)12(9(2)3)13(15)17-19/h9-12,19H,4-8H2,1-3H3,(H2,15,17)(H,16,18). The van der Waals surface area contributed by atoms with Gasteiger partial charge in [-0.1, -0.05) is 45.2 Å². The molecule has 1 rings (SSSR count). The number of carbonyl (C=O) groups excluding carboxylic acids is 1. The molecule has 0 radical (unpaired) electrons. The van der Waals surface area contributed by atoms with E-state index < -0.39 is 5.92 Å². The van der Waals surface area contributed by atoms with Crippen LogP contribution < -0.4 is 11.1 Å². The number of hydrogen-bond donors (Lipinski definition) is 3. The lowest BCUT2D eigenvalue weighted by atomic mass is 9.83. The maximum absolute atomic E-state index is 12.3. The Kier molecular flexibility index (Phi) is 6.12. The van der Waals surface area contributed by atoms with Gasteiger partial charge in [-0.15, -0.1) is 0 Å². The third-order valence-electron chi connectivity index (χ3n) is 4.09. The Morgan fingerprint density at radius 3 is 2.68 bits per heavy atom. The highest BCUT2D eigenvalue weighted by atomic mass is 16.4. The van der Waals surface area contributed by atoms with Crippen molar-refractivity contribution >= 4 is 11.7 Å². The minimum atomic E-state index is -0.549. The zero-order chi connectivity index (χ0) is 14.4. The summed E-state index contributed by atoms with van der Waals surface area (Å²) in [6, 6.07) is 0.235. The van der Waals surface area contributed by atoms with Crippen molar-refractivity contribution in [2.24, 2.45) is 28.6 Å². The molecule has 0 bridgehead atoms. The van der Waals surface area contributed by atoms with Crippen LogP contribution in [0, 0.1) is 17.8 Å². The molecule has 0 aromatic carbocycles. The molecule has 19 heavy (non-hydrogen) atoms. The van der Waals surface area contributed by atoms with Crippen molar-refractivity contribution in [3.05, 3.63) is 0 Å². The predicted octanol–water partition coefficient (Wildman–Crippen LogP) is 2.09. The van der Waals surface area contributed by atoms with Crippen LogP contribution >= 0.6 is 0 Å². The van der Waals surface area contributed by atoms with Gasteiger partial charge in [0.15, 0.2) is 5.84 Å². The number of oxime groups is 1. The van der Waals surface area contributed by atoms with Crippen LogP contribution in [0.1, 0.15) is 52.9 Å². The number of amidine groups is 1. The SMILES string of the molecule is CCC1CCCC(NC(=O)C(C(N)=NO)C(C)C)C1. The molecular weight excluding hydrogens is 242 g/mol. The van der Waals surface area contributed by atoms with Gasteiger partial charge in [-0.25, -0.2) is 0 Å². The second kappa shape index (κ2) is 7.36. The summed E-state index contributed by atoms with van der Waals surface area (Å²) in [7, 11) is 0. The van der Waals surface area contributed by atoms with E-state index >= 15 is 0 Å². The number of nitrogens with one attached hydrogen (secondary N) is 1. The quantitative estimate of drug-likeness (QED) is 0.309. The zero-order valence-electron chi connectivity index (χ0n) is 12.2.